The first-order valence-electron chi connectivity index (χ1n) is 7.52. The van der Waals surface area contributed by atoms with Crippen LogP contribution in [-0.4, -0.2) is 46.2 Å². The molecule has 0 aromatic carbocycles. The molecule has 2 aromatic rings. The molecule has 1 aliphatic rings. The number of alkyl halides is 3. The van der Waals surface area contributed by atoms with Crippen LogP contribution in [0.4, 0.5) is 19.0 Å². The molecule has 2 aromatic heterocycles. The van der Waals surface area contributed by atoms with E-state index < -0.39 is 5.51 Å². The van der Waals surface area contributed by atoms with E-state index in [2.05, 4.69) is 22.4 Å². The Labute approximate surface area is 137 Å². The van der Waals surface area contributed by atoms with Crippen molar-refractivity contribution in [2.45, 2.75) is 36.2 Å². The third-order valence-electron chi connectivity index (χ3n) is 4.06. The van der Waals surface area contributed by atoms with Gasteiger partial charge in [0.2, 0.25) is 0 Å². The molecule has 0 amide bonds. The van der Waals surface area contributed by atoms with Crippen LogP contribution < -0.4 is 5.32 Å². The monoisotopic (exact) mass is 344 g/mol. The number of fused-ring (bicyclic) bond motifs is 1. The zero-order chi connectivity index (χ0) is 16.6. The minimum absolute atomic E-state index is 0.0992. The van der Waals surface area contributed by atoms with E-state index in [4.69, 9.17) is 0 Å². The van der Waals surface area contributed by atoms with E-state index in [9.17, 15) is 13.2 Å². The Kier molecular flexibility index (Phi) is 4.46. The Morgan fingerprint density at radius 2 is 1.96 bits per heavy atom. The van der Waals surface area contributed by atoms with Gasteiger partial charge in [-0.15, -0.1) is 0 Å². The molecular formula is C15H19F3N4S. The van der Waals surface area contributed by atoms with Gasteiger partial charge in [-0.05, 0) is 63.8 Å². The van der Waals surface area contributed by atoms with Crippen molar-refractivity contribution in [3.63, 3.8) is 0 Å². The fourth-order valence-electron chi connectivity index (χ4n) is 2.87. The Morgan fingerprint density at radius 3 is 2.61 bits per heavy atom. The number of aromatic nitrogens is 2. The Bertz CT molecular complexity index is 690. The van der Waals surface area contributed by atoms with Gasteiger partial charge in [0.25, 0.3) is 0 Å². The SMILES string of the molecule is Cc1nn2c(NC3CCN(C)CC3)cccc2c1SC(F)(F)F. The average Bonchev–Trinajstić information content (AvgIpc) is 2.77. The summed E-state index contributed by atoms with van der Waals surface area (Å²) in [6.45, 7) is 3.64. The molecule has 0 bridgehead atoms. The lowest BCUT2D eigenvalue weighted by atomic mass is 10.1. The van der Waals surface area contributed by atoms with E-state index in [0.29, 0.717) is 17.3 Å². The maximum absolute atomic E-state index is 12.7. The van der Waals surface area contributed by atoms with Gasteiger partial charge in [-0.3, -0.25) is 0 Å². The summed E-state index contributed by atoms with van der Waals surface area (Å²) in [5.41, 5.74) is -3.43. The lowest BCUT2D eigenvalue weighted by molar-refractivity contribution is -0.0328. The van der Waals surface area contributed by atoms with Crippen molar-refractivity contribution in [1.82, 2.24) is 14.5 Å². The van der Waals surface area contributed by atoms with E-state index in [1.807, 2.05) is 6.07 Å². The smallest absolute Gasteiger partial charge is 0.367 e. The largest absolute Gasteiger partial charge is 0.446 e. The summed E-state index contributed by atoms with van der Waals surface area (Å²) >= 11 is -0.0992. The van der Waals surface area contributed by atoms with Crippen LogP contribution in [0.2, 0.25) is 0 Å². The molecule has 0 saturated carbocycles. The minimum atomic E-state index is -4.31. The number of halogens is 3. The van der Waals surface area contributed by atoms with Crippen LogP contribution in [-0.2, 0) is 0 Å². The van der Waals surface area contributed by atoms with E-state index in [1.165, 1.54) is 0 Å². The number of hydrogen-bond donors (Lipinski definition) is 1. The second-order valence-electron chi connectivity index (χ2n) is 5.89. The summed E-state index contributed by atoms with van der Waals surface area (Å²) in [5, 5.41) is 7.73. The predicted octanol–water partition coefficient (Wildman–Crippen LogP) is 3.76. The molecule has 0 aliphatic carbocycles. The van der Waals surface area contributed by atoms with Gasteiger partial charge in [-0.25, -0.2) is 4.52 Å². The van der Waals surface area contributed by atoms with E-state index in [0.717, 1.165) is 31.7 Å². The normalized spacial score (nSPS) is 17.8. The maximum Gasteiger partial charge on any atom is 0.446 e. The number of piperidine rings is 1. The number of rotatable bonds is 3. The second kappa shape index (κ2) is 6.24. The number of aryl methyl sites for hydroxylation is 1. The lowest BCUT2D eigenvalue weighted by Crippen LogP contribution is -2.37. The highest BCUT2D eigenvalue weighted by Crippen LogP contribution is 2.41. The fraction of sp³-hybridized carbons (Fsp3) is 0.533. The summed E-state index contributed by atoms with van der Waals surface area (Å²) < 4.78 is 39.8. The first kappa shape index (κ1) is 16.4. The van der Waals surface area contributed by atoms with Gasteiger partial charge in [0.15, 0.2) is 0 Å². The van der Waals surface area contributed by atoms with Gasteiger partial charge in [-0.2, -0.15) is 18.3 Å². The van der Waals surface area contributed by atoms with Gasteiger partial charge in [0, 0.05) is 6.04 Å². The third-order valence-corrected chi connectivity index (χ3v) is 5.00. The predicted molar refractivity (Wildman–Crippen MR) is 86.0 cm³/mol. The first-order chi connectivity index (χ1) is 10.8. The molecule has 23 heavy (non-hydrogen) atoms. The highest BCUT2D eigenvalue weighted by atomic mass is 32.2. The summed E-state index contributed by atoms with van der Waals surface area (Å²) in [7, 11) is 2.09. The van der Waals surface area contributed by atoms with Crippen LogP contribution in [0.3, 0.4) is 0 Å². The molecule has 1 fully saturated rings. The van der Waals surface area contributed by atoms with Crippen LogP contribution in [0, 0.1) is 6.92 Å². The summed E-state index contributed by atoms with van der Waals surface area (Å²) in [6.07, 6.45) is 2.02. The van der Waals surface area contributed by atoms with Crippen LogP contribution in [0.5, 0.6) is 0 Å². The van der Waals surface area contributed by atoms with Crippen LogP contribution in [0.25, 0.3) is 5.52 Å². The van der Waals surface area contributed by atoms with Crippen molar-refractivity contribution in [2.24, 2.45) is 0 Å². The van der Waals surface area contributed by atoms with Crippen molar-refractivity contribution in [2.75, 3.05) is 25.5 Å². The molecule has 1 N–H and O–H groups in total. The minimum Gasteiger partial charge on any atom is -0.367 e. The van der Waals surface area contributed by atoms with E-state index >= 15 is 0 Å². The fourth-order valence-corrected chi connectivity index (χ4v) is 3.55. The molecule has 3 heterocycles. The molecular weight excluding hydrogens is 325 g/mol. The van der Waals surface area contributed by atoms with Crippen molar-refractivity contribution in [3.8, 4) is 0 Å². The Hall–Kier alpha value is -1.41. The highest BCUT2D eigenvalue weighted by Gasteiger charge is 2.32. The van der Waals surface area contributed by atoms with Crippen molar-refractivity contribution < 1.29 is 13.2 Å². The first-order valence-corrected chi connectivity index (χ1v) is 8.34. The maximum atomic E-state index is 12.7. The lowest BCUT2D eigenvalue weighted by Gasteiger charge is -2.30. The van der Waals surface area contributed by atoms with E-state index in [1.54, 1.807) is 23.6 Å². The van der Waals surface area contributed by atoms with Crippen LogP contribution in [0.1, 0.15) is 18.5 Å². The van der Waals surface area contributed by atoms with Gasteiger partial charge < -0.3 is 10.2 Å². The molecule has 0 unspecified atom stereocenters. The number of hydrogen-bond acceptors (Lipinski definition) is 4. The Balaban J connectivity index is 1.89. The number of anilines is 1. The van der Waals surface area contributed by atoms with Gasteiger partial charge in [0.1, 0.15) is 5.82 Å². The average molecular weight is 344 g/mol. The molecule has 0 spiro atoms. The van der Waals surface area contributed by atoms with Gasteiger partial charge in [-0.1, -0.05) is 6.07 Å². The van der Waals surface area contributed by atoms with Crippen LogP contribution in [0.15, 0.2) is 23.1 Å². The summed E-state index contributed by atoms with van der Waals surface area (Å²) in [5.74, 6) is 0.745. The summed E-state index contributed by atoms with van der Waals surface area (Å²) in [4.78, 5) is 2.44. The van der Waals surface area contributed by atoms with Crippen molar-refractivity contribution in [1.29, 1.82) is 0 Å². The molecule has 1 saturated heterocycles. The molecule has 3 rings (SSSR count). The molecule has 0 radical (unpaired) electrons. The number of thioether (sulfide) groups is 1. The van der Waals surface area contributed by atoms with Crippen LogP contribution >= 0.6 is 11.8 Å². The van der Waals surface area contributed by atoms with Crippen molar-refractivity contribution >= 4 is 23.1 Å². The number of nitrogens with one attached hydrogen (secondary N) is 1. The number of likely N-dealkylation sites (tertiary alicyclic amines) is 1. The Morgan fingerprint density at radius 1 is 1.26 bits per heavy atom. The second-order valence-corrected chi connectivity index (χ2v) is 6.97. The van der Waals surface area contributed by atoms with Gasteiger partial charge >= 0.3 is 5.51 Å². The number of pyridine rings is 1. The number of nitrogens with zero attached hydrogens (tertiary/aromatic N) is 3. The van der Waals surface area contributed by atoms with E-state index in [-0.39, 0.29) is 16.7 Å². The summed E-state index contributed by atoms with van der Waals surface area (Å²) in [6, 6.07) is 5.63. The topological polar surface area (TPSA) is 32.6 Å². The zero-order valence-corrected chi connectivity index (χ0v) is 13.8. The molecule has 4 nitrogen and oxygen atoms in total. The van der Waals surface area contributed by atoms with Crippen molar-refractivity contribution in [3.05, 3.63) is 23.9 Å². The quantitative estimate of drug-likeness (QED) is 0.860. The molecule has 1 aliphatic heterocycles. The third kappa shape index (κ3) is 3.74. The standard InChI is InChI=1S/C15H19F3N4S/c1-10-14(23-15(16,17)18)12-4-3-5-13(22(12)20-10)19-11-6-8-21(2)9-7-11/h3-5,11,19H,6-9H2,1-2H3. The molecule has 126 valence electrons. The zero-order valence-electron chi connectivity index (χ0n) is 13.0. The molecule has 0 atom stereocenters. The molecule has 8 heteroatoms. The highest BCUT2D eigenvalue weighted by molar-refractivity contribution is 8.00. The van der Waals surface area contributed by atoms with Gasteiger partial charge in [0.05, 0.1) is 16.1 Å².